The number of benzene rings is 1. The van der Waals surface area contributed by atoms with E-state index in [1.54, 1.807) is 11.3 Å². The lowest BCUT2D eigenvalue weighted by atomic mass is 9.88. The lowest BCUT2D eigenvalue weighted by Crippen LogP contribution is -2.36. The third-order valence-electron chi connectivity index (χ3n) is 6.47. The van der Waals surface area contributed by atoms with Crippen molar-refractivity contribution in [3.05, 3.63) is 68.3 Å². The van der Waals surface area contributed by atoms with E-state index in [1.165, 1.54) is 35.3 Å². The highest BCUT2D eigenvalue weighted by molar-refractivity contribution is 7.15. The number of hydrogen-bond donors (Lipinski definition) is 1. The van der Waals surface area contributed by atoms with Crippen LogP contribution in [0.5, 0.6) is 0 Å². The largest absolute Gasteiger partial charge is 0.310 e. The molecule has 2 aliphatic rings. The van der Waals surface area contributed by atoms with E-state index in [2.05, 4.69) is 46.1 Å². The fraction of sp³-hybridized carbons (Fsp3) is 0.458. The van der Waals surface area contributed by atoms with Crippen LogP contribution in [-0.4, -0.2) is 26.4 Å². The molecule has 1 aliphatic heterocycles. The smallest absolute Gasteiger partial charge is 0.255 e. The van der Waals surface area contributed by atoms with Crippen molar-refractivity contribution < 1.29 is 0 Å². The number of aryl methyl sites for hydroxylation is 1. The van der Waals surface area contributed by atoms with Gasteiger partial charge in [0.05, 0.1) is 11.3 Å². The van der Waals surface area contributed by atoms with Gasteiger partial charge < -0.3 is 4.98 Å². The first-order chi connectivity index (χ1) is 14.7. The van der Waals surface area contributed by atoms with E-state index in [9.17, 15) is 4.79 Å². The van der Waals surface area contributed by atoms with E-state index < -0.39 is 0 Å². The zero-order chi connectivity index (χ0) is 20.5. The van der Waals surface area contributed by atoms with Gasteiger partial charge in [-0.2, -0.15) is 0 Å². The minimum atomic E-state index is 0.0650. The summed E-state index contributed by atoms with van der Waals surface area (Å²) < 4.78 is 0. The summed E-state index contributed by atoms with van der Waals surface area (Å²) in [5, 5.41) is 1.07. The fourth-order valence-electron chi connectivity index (χ4n) is 4.74. The molecule has 5 nitrogen and oxygen atoms in total. The van der Waals surface area contributed by atoms with Gasteiger partial charge in [-0.25, -0.2) is 9.97 Å². The molecule has 30 heavy (non-hydrogen) atoms. The Balaban J connectivity index is 1.31. The van der Waals surface area contributed by atoms with E-state index in [4.69, 9.17) is 4.98 Å². The summed E-state index contributed by atoms with van der Waals surface area (Å²) in [6.07, 6.45) is 8.95. The van der Waals surface area contributed by atoms with Gasteiger partial charge in [-0.05, 0) is 25.3 Å². The van der Waals surface area contributed by atoms with Crippen molar-refractivity contribution in [2.45, 2.75) is 64.5 Å². The SMILES string of the molecule is Cc1ccccc1-c1ncc(CN2CCc3nc(C4CCCCC4)[nH]c(=O)c3C2)s1. The van der Waals surface area contributed by atoms with Crippen LogP contribution in [0.3, 0.4) is 0 Å². The number of nitrogens with one attached hydrogen (secondary N) is 1. The first-order valence-corrected chi connectivity index (χ1v) is 11.8. The number of hydrogen-bond acceptors (Lipinski definition) is 5. The van der Waals surface area contributed by atoms with Crippen LogP contribution in [0, 0.1) is 6.92 Å². The maximum atomic E-state index is 12.8. The summed E-state index contributed by atoms with van der Waals surface area (Å²) in [7, 11) is 0. The molecule has 6 heteroatoms. The predicted molar refractivity (Wildman–Crippen MR) is 121 cm³/mol. The lowest BCUT2D eigenvalue weighted by molar-refractivity contribution is 0.243. The molecule has 0 atom stereocenters. The molecule has 0 unspecified atom stereocenters. The van der Waals surface area contributed by atoms with Crippen molar-refractivity contribution in [3.8, 4) is 10.6 Å². The Morgan fingerprint density at radius 3 is 2.87 bits per heavy atom. The number of nitrogens with zero attached hydrogens (tertiary/aromatic N) is 3. The second-order valence-corrected chi connectivity index (χ2v) is 9.73. The van der Waals surface area contributed by atoms with Gasteiger partial charge in [0.15, 0.2) is 0 Å². The molecule has 0 amide bonds. The molecule has 1 saturated carbocycles. The second kappa shape index (κ2) is 8.44. The molecule has 156 valence electrons. The molecular formula is C24H28N4OS. The van der Waals surface area contributed by atoms with Crippen LogP contribution >= 0.6 is 11.3 Å². The second-order valence-electron chi connectivity index (χ2n) is 8.62. The number of aromatic amines is 1. The summed E-state index contributed by atoms with van der Waals surface area (Å²) in [6.45, 7) is 4.55. The van der Waals surface area contributed by atoms with Crippen LogP contribution in [0.1, 0.15) is 65.5 Å². The molecule has 3 aromatic rings. The number of H-pyrrole nitrogens is 1. The molecule has 1 N–H and O–H groups in total. The number of thiazole rings is 1. The summed E-state index contributed by atoms with van der Waals surface area (Å²) in [5.74, 6) is 1.36. The summed E-state index contributed by atoms with van der Waals surface area (Å²) in [4.78, 5) is 29.1. The van der Waals surface area contributed by atoms with E-state index in [0.29, 0.717) is 12.5 Å². The van der Waals surface area contributed by atoms with Crippen molar-refractivity contribution >= 4 is 11.3 Å². The highest BCUT2D eigenvalue weighted by Crippen LogP contribution is 2.31. The first-order valence-electron chi connectivity index (χ1n) is 11.0. The van der Waals surface area contributed by atoms with Crippen molar-refractivity contribution in [2.75, 3.05) is 6.54 Å². The third kappa shape index (κ3) is 3.98. The minimum Gasteiger partial charge on any atom is -0.310 e. The van der Waals surface area contributed by atoms with Crippen LogP contribution in [0.25, 0.3) is 10.6 Å². The lowest BCUT2D eigenvalue weighted by Gasteiger charge is -2.28. The van der Waals surface area contributed by atoms with Crippen molar-refractivity contribution in [1.82, 2.24) is 19.9 Å². The van der Waals surface area contributed by atoms with E-state index in [0.717, 1.165) is 54.4 Å². The molecule has 0 bridgehead atoms. The van der Waals surface area contributed by atoms with Crippen LogP contribution in [0.15, 0.2) is 35.3 Å². The maximum Gasteiger partial charge on any atom is 0.255 e. The van der Waals surface area contributed by atoms with Crippen LogP contribution in [0.2, 0.25) is 0 Å². The van der Waals surface area contributed by atoms with Gasteiger partial charge in [-0.1, -0.05) is 43.5 Å². The van der Waals surface area contributed by atoms with Gasteiger partial charge in [0.1, 0.15) is 10.8 Å². The van der Waals surface area contributed by atoms with Gasteiger partial charge in [-0.3, -0.25) is 9.69 Å². The summed E-state index contributed by atoms with van der Waals surface area (Å²) in [6, 6.07) is 8.37. The molecular weight excluding hydrogens is 392 g/mol. The first kappa shape index (κ1) is 19.6. The molecule has 5 rings (SSSR count). The molecule has 2 aromatic heterocycles. The zero-order valence-corrected chi connectivity index (χ0v) is 18.3. The number of aromatic nitrogens is 3. The average molecular weight is 421 g/mol. The number of fused-ring (bicyclic) bond motifs is 1. The Kier molecular flexibility index (Phi) is 5.52. The van der Waals surface area contributed by atoms with Crippen molar-refractivity contribution in [3.63, 3.8) is 0 Å². The molecule has 0 spiro atoms. The molecule has 0 radical (unpaired) electrons. The average Bonchev–Trinajstić information content (AvgIpc) is 3.23. The van der Waals surface area contributed by atoms with Crippen LogP contribution < -0.4 is 5.56 Å². The third-order valence-corrected chi connectivity index (χ3v) is 7.48. The van der Waals surface area contributed by atoms with E-state index in [-0.39, 0.29) is 5.56 Å². The summed E-state index contributed by atoms with van der Waals surface area (Å²) in [5.41, 5.74) is 4.38. The Hall–Kier alpha value is -2.31. The highest BCUT2D eigenvalue weighted by Gasteiger charge is 2.25. The number of rotatable bonds is 4. The Morgan fingerprint density at radius 1 is 1.20 bits per heavy atom. The zero-order valence-electron chi connectivity index (χ0n) is 17.5. The van der Waals surface area contributed by atoms with Gasteiger partial charge in [-0.15, -0.1) is 11.3 Å². The Bertz CT molecular complexity index is 1100. The maximum absolute atomic E-state index is 12.8. The van der Waals surface area contributed by atoms with E-state index >= 15 is 0 Å². The minimum absolute atomic E-state index is 0.0650. The fourth-order valence-corrected chi connectivity index (χ4v) is 5.79. The highest BCUT2D eigenvalue weighted by atomic mass is 32.1. The van der Waals surface area contributed by atoms with Gasteiger partial charge in [0.2, 0.25) is 0 Å². The van der Waals surface area contributed by atoms with Crippen molar-refractivity contribution in [2.24, 2.45) is 0 Å². The standard InChI is InChI=1S/C24H28N4OS/c1-16-7-5-6-10-19(16)24-25-13-18(30-24)14-28-12-11-21-20(15-28)23(29)27-22(26-21)17-8-3-2-4-9-17/h5-7,10,13,17H,2-4,8-9,11-12,14-15H2,1H3,(H,26,27,29). The molecule has 1 fully saturated rings. The van der Waals surface area contributed by atoms with Crippen molar-refractivity contribution in [1.29, 1.82) is 0 Å². The Morgan fingerprint density at radius 2 is 2.03 bits per heavy atom. The van der Waals surface area contributed by atoms with Crippen LogP contribution in [0.4, 0.5) is 0 Å². The van der Waals surface area contributed by atoms with Gasteiger partial charge in [0, 0.05) is 48.6 Å². The van der Waals surface area contributed by atoms with E-state index in [1.807, 2.05) is 6.20 Å². The van der Waals surface area contributed by atoms with Gasteiger partial charge in [0.25, 0.3) is 5.56 Å². The molecule has 3 heterocycles. The van der Waals surface area contributed by atoms with Gasteiger partial charge >= 0.3 is 0 Å². The Labute approximate surface area is 181 Å². The summed E-state index contributed by atoms with van der Waals surface area (Å²) >= 11 is 1.75. The molecule has 0 saturated heterocycles. The molecule has 1 aliphatic carbocycles. The quantitative estimate of drug-likeness (QED) is 0.658. The molecule has 1 aromatic carbocycles. The predicted octanol–water partition coefficient (Wildman–Crippen LogP) is 4.81. The van der Waals surface area contributed by atoms with Crippen LogP contribution in [-0.2, 0) is 19.5 Å². The normalized spacial score (nSPS) is 17.8. The monoisotopic (exact) mass is 420 g/mol. The topological polar surface area (TPSA) is 61.9 Å².